The van der Waals surface area contributed by atoms with E-state index in [2.05, 4.69) is 13.8 Å². The van der Waals surface area contributed by atoms with Crippen LogP contribution in [0.2, 0.25) is 0 Å². The van der Waals surface area contributed by atoms with Crippen LogP contribution in [-0.2, 0) is 19.4 Å². The molecule has 182 valence electrons. The number of fused-ring (bicyclic) bond motifs is 1. The fraction of sp³-hybridized carbons (Fsp3) is 0.185. The van der Waals surface area contributed by atoms with E-state index in [0.717, 1.165) is 33.9 Å². The molecule has 0 atom stereocenters. The topological polar surface area (TPSA) is 69.9 Å². The molecule has 5 rings (SSSR count). The van der Waals surface area contributed by atoms with Crippen LogP contribution in [0.25, 0.3) is 22.2 Å². The largest absolute Gasteiger partial charge is 0.493 e. The van der Waals surface area contributed by atoms with Gasteiger partial charge in [0.25, 0.3) is 5.56 Å². The third-order valence-corrected chi connectivity index (χ3v) is 6.65. The van der Waals surface area contributed by atoms with Gasteiger partial charge in [-0.05, 0) is 49.6 Å². The van der Waals surface area contributed by atoms with Gasteiger partial charge in [0.05, 0.1) is 31.1 Å². The lowest BCUT2D eigenvalue weighted by atomic mass is 9.94. The first-order chi connectivity index (χ1) is 17.5. The summed E-state index contributed by atoms with van der Waals surface area (Å²) in [6.45, 7) is 1.99. The summed E-state index contributed by atoms with van der Waals surface area (Å²) in [6.07, 6.45) is 0.732. The van der Waals surface area contributed by atoms with E-state index in [1.54, 1.807) is 25.1 Å². The highest BCUT2D eigenvalue weighted by molar-refractivity contribution is 7.00. The van der Waals surface area contributed by atoms with Crippen LogP contribution in [0.15, 0.2) is 65.5 Å². The molecule has 0 aliphatic carbocycles. The molecule has 0 fully saturated rings. The van der Waals surface area contributed by atoms with Crippen molar-refractivity contribution in [3.05, 3.63) is 105 Å². The fourth-order valence-corrected chi connectivity index (χ4v) is 5.05. The fourth-order valence-electron chi connectivity index (χ4n) is 4.48. The first kappa shape index (κ1) is 23.7. The van der Waals surface area contributed by atoms with E-state index < -0.39 is 5.82 Å². The van der Waals surface area contributed by atoms with Crippen molar-refractivity contribution < 1.29 is 13.5 Å². The van der Waals surface area contributed by atoms with Crippen molar-refractivity contribution in [2.24, 2.45) is 0 Å². The SMILES string of the molecule is COc1c(F)cccc1-c1c(C)nn(Cc2cccc3nsnc23)c(=O)c1CCc1cccc(F)c1. The van der Waals surface area contributed by atoms with Crippen LogP contribution in [0.5, 0.6) is 5.75 Å². The second kappa shape index (κ2) is 9.94. The van der Waals surface area contributed by atoms with E-state index in [4.69, 9.17) is 4.74 Å². The highest BCUT2D eigenvalue weighted by atomic mass is 32.1. The molecular formula is C27H22F2N4O2S. The summed E-state index contributed by atoms with van der Waals surface area (Å²) in [4.78, 5) is 13.8. The van der Waals surface area contributed by atoms with Gasteiger partial charge in [-0.15, -0.1) is 0 Å². The van der Waals surface area contributed by atoms with Gasteiger partial charge < -0.3 is 4.74 Å². The third-order valence-electron chi connectivity index (χ3n) is 6.11. The number of ether oxygens (including phenoxy) is 1. The predicted molar refractivity (Wildman–Crippen MR) is 136 cm³/mol. The standard InChI is InChI=1S/C27H22F2N4O2S/c1-16-24(20-9-5-10-22(29)26(20)35-2)21(13-12-17-6-3-8-19(28)14-17)27(34)33(30-16)15-18-7-4-11-23-25(18)32-36-31-23/h3-11,14H,12-13,15H2,1-2H3. The Morgan fingerprint density at radius 1 is 1.00 bits per heavy atom. The Hall–Kier alpha value is -3.98. The molecule has 0 saturated carbocycles. The molecule has 6 nitrogen and oxygen atoms in total. The van der Waals surface area contributed by atoms with Gasteiger partial charge in [0.1, 0.15) is 16.9 Å². The van der Waals surface area contributed by atoms with Crippen molar-refractivity contribution in [1.29, 1.82) is 0 Å². The average molecular weight is 505 g/mol. The minimum absolute atomic E-state index is 0.0462. The van der Waals surface area contributed by atoms with Gasteiger partial charge in [0, 0.05) is 22.3 Å². The molecule has 9 heteroatoms. The normalized spacial score (nSPS) is 11.2. The summed E-state index contributed by atoms with van der Waals surface area (Å²) in [6, 6.07) is 16.5. The zero-order chi connectivity index (χ0) is 25.2. The second-order valence-corrected chi connectivity index (χ2v) is 8.93. The summed E-state index contributed by atoms with van der Waals surface area (Å²) >= 11 is 1.11. The molecule has 0 radical (unpaired) electrons. The van der Waals surface area contributed by atoms with E-state index in [1.807, 2.05) is 24.3 Å². The maximum Gasteiger partial charge on any atom is 0.270 e. The Kier molecular flexibility index (Phi) is 6.56. The number of rotatable bonds is 7. The Morgan fingerprint density at radius 2 is 1.81 bits per heavy atom. The highest BCUT2D eigenvalue weighted by Gasteiger charge is 2.22. The van der Waals surface area contributed by atoms with Gasteiger partial charge >= 0.3 is 0 Å². The summed E-state index contributed by atoms with van der Waals surface area (Å²) in [5.74, 6) is -0.824. The molecular weight excluding hydrogens is 482 g/mol. The van der Waals surface area contributed by atoms with Crippen LogP contribution < -0.4 is 10.3 Å². The molecule has 3 aromatic carbocycles. The summed E-state index contributed by atoms with van der Waals surface area (Å²) < 4.78 is 43.8. The van der Waals surface area contributed by atoms with Crippen molar-refractivity contribution in [3.63, 3.8) is 0 Å². The molecule has 0 bridgehead atoms. The Labute approximate surface area is 210 Å². The van der Waals surface area contributed by atoms with E-state index in [1.165, 1.54) is 30.0 Å². The summed E-state index contributed by atoms with van der Waals surface area (Å²) in [5.41, 5.74) is 4.74. The van der Waals surface area contributed by atoms with Gasteiger partial charge in [0.15, 0.2) is 11.6 Å². The third kappa shape index (κ3) is 4.49. The predicted octanol–water partition coefficient (Wildman–Crippen LogP) is 5.34. The minimum Gasteiger partial charge on any atom is -0.493 e. The maximum absolute atomic E-state index is 14.6. The maximum atomic E-state index is 14.6. The molecule has 5 aromatic rings. The Morgan fingerprint density at radius 3 is 2.61 bits per heavy atom. The van der Waals surface area contributed by atoms with Crippen LogP contribution >= 0.6 is 11.7 Å². The van der Waals surface area contributed by atoms with Crippen molar-refractivity contribution in [3.8, 4) is 16.9 Å². The lowest BCUT2D eigenvalue weighted by molar-refractivity contribution is 0.388. The average Bonchev–Trinajstić information content (AvgIpc) is 3.35. The molecule has 0 amide bonds. The quantitative estimate of drug-likeness (QED) is 0.299. The first-order valence-electron chi connectivity index (χ1n) is 11.3. The monoisotopic (exact) mass is 504 g/mol. The lowest BCUT2D eigenvalue weighted by Gasteiger charge is -2.18. The summed E-state index contributed by atoms with van der Waals surface area (Å²) in [7, 11) is 1.39. The number of hydrogen-bond acceptors (Lipinski definition) is 6. The zero-order valence-corrected chi connectivity index (χ0v) is 20.5. The van der Waals surface area contributed by atoms with Gasteiger partial charge in [-0.2, -0.15) is 13.8 Å². The minimum atomic E-state index is -0.530. The van der Waals surface area contributed by atoms with E-state index in [-0.39, 0.29) is 23.7 Å². The number of halogens is 2. The van der Waals surface area contributed by atoms with Crippen molar-refractivity contribution in [2.45, 2.75) is 26.3 Å². The molecule has 2 aromatic heterocycles. The van der Waals surface area contributed by atoms with E-state index >= 15 is 0 Å². The molecule has 0 unspecified atom stereocenters. The van der Waals surface area contributed by atoms with Gasteiger partial charge in [-0.1, -0.05) is 36.4 Å². The molecule has 36 heavy (non-hydrogen) atoms. The van der Waals surface area contributed by atoms with E-state index in [0.29, 0.717) is 35.2 Å². The van der Waals surface area contributed by atoms with Crippen LogP contribution in [-0.4, -0.2) is 25.6 Å². The van der Waals surface area contributed by atoms with Crippen LogP contribution in [0.1, 0.15) is 22.4 Å². The van der Waals surface area contributed by atoms with Crippen LogP contribution in [0.4, 0.5) is 8.78 Å². The highest BCUT2D eigenvalue weighted by Crippen LogP contribution is 2.35. The number of methoxy groups -OCH3 is 1. The first-order valence-corrected chi connectivity index (χ1v) is 12.1. The Balaban J connectivity index is 1.65. The molecule has 0 N–H and O–H groups in total. The summed E-state index contributed by atoms with van der Waals surface area (Å²) in [5, 5.41) is 4.59. The van der Waals surface area contributed by atoms with Crippen LogP contribution in [0.3, 0.4) is 0 Å². The molecule has 0 saturated heterocycles. The number of aromatic nitrogens is 4. The number of hydrogen-bond donors (Lipinski definition) is 0. The number of benzene rings is 3. The molecule has 0 aliphatic heterocycles. The zero-order valence-electron chi connectivity index (χ0n) is 19.7. The smallest absolute Gasteiger partial charge is 0.270 e. The number of para-hydroxylation sites is 1. The van der Waals surface area contributed by atoms with Crippen molar-refractivity contribution >= 4 is 22.8 Å². The van der Waals surface area contributed by atoms with Gasteiger partial charge in [-0.25, -0.2) is 13.5 Å². The van der Waals surface area contributed by atoms with Crippen LogP contribution in [0, 0.1) is 18.6 Å². The van der Waals surface area contributed by atoms with Gasteiger partial charge in [0.2, 0.25) is 0 Å². The second-order valence-electron chi connectivity index (χ2n) is 8.40. The molecule has 2 heterocycles. The van der Waals surface area contributed by atoms with Gasteiger partial charge in [-0.3, -0.25) is 4.79 Å². The molecule has 0 spiro atoms. The number of nitrogens with zero attached hydrogens (tertiary/aromatic N) is 4. The van der Waals surface area contributed by atoms with Crippen molar-refractivity contribution in [2.75, 3.05) is 7.11 Å². The van der Waals surface area contributed by atoms with Crippen molar-refractivity contribution in [1.82, 2.24) is 18.5 Å². The van der Waals surface area contributed by atoms with E-state index in [9.17, 15) is 13.6 Å². The molecule has 0 aliphatic rings. The lowest BCUT2D eigenvalue weighted by Crippen LogP contribution is -2.29. The Bertz CT molecular complexity index is 1630. The number of aryl methyl sites for hydroxylation is 2.